The number of amides is 1. The van der Waals surface area contributed by atoms with Crippen molar-refractivity contribution in [3.05, 3.63) is 78.0 Å². The second-order valence-corrected chi connectivity index (χ2v) is 8.22. The van der Waals surface area contributed by atoms with Crippen molar-refractivity contribution in [3.8, 4) is 11.3 Å². The zero-order valence-corrected chi connectivity index (χ0v) is 16.1. The lowest BCUT2D eigenvalue weighted by Gasteiger charge is -2.28. The number of nitrogens with one attached hydrogen (secondary N) is 1. The van der Waals surface area contributed by atoms with E-state index in [1.807, 2.05) is 48.3 Å². The minimum Gasteiger partial charge on any atom is -0.341 e. The van der Waals surface area contributed by atoms with E-state index in [0.29, 0.717) is 5.56 Å². The van der Waals surface area contributed by atoms with Crippen LogP contribution in [0.1, 0.15) is 36.2 Å². The summed E-state index contributed by atoms with van der Waals surface area (Å²) in [4.78, 5) is 14.9. The largest absolute Gasteiger partial charge is 0.341 e. The molecule has 138 valence electrons. The number of aromatic amines is 1. The molecule has 1 aliphatic rings. The summed E-state index contributed by atoms with van der Waals surface area (Å²) in [5.74, 6) is 0.0594. The summed E-state index contributed by atoms with van der Waals surface area (Å²) in [6.07, 6.45) is 2.82. The summed E-state index contributed by atoms with van der Waals surface area (Å²) < 4.78 is 0. The van der Waals surface area contributed by atoms with Crippen LogP contribution in [0, 0.1) is 5.41 Å². The van der Waals surface area contributed by atoms with Crippen LogP contribution in [0.2, 0.25) is 0 Å². The van der Waals surface area contributed by atoms with Crippen LogP contribution in [0.3, 0.4) is 0 Å². The van der Waals surface area contributed by atoms with Crippen molar-refractivity contribution in [1.82, 2.24) is 15.1 Å². The molecule has 1 aromatic heterocycles. The van der Waals surface area contributed by atoms with Crippen molar-refractivity contribution in [3.63, 3.8) is 0 Å². The van der Waals surface area contributed by atoms with Crippen LogP contribution in [0.4, 0.5) is 0 Å². The van der Waals surface area contributed by atoms with Crippen molar-refractivity contribution < 1.29 is 4.79 Å². The van der Waals surface area contributed by atoms with Crippen molar-refractivity contribution >= 4 is 5.91 Å². The third-order valence-corrected chi connectivity index (χ3v) is 6.04. The third-order valence-electron chi connectivity index (χ3n) is 6.04. The highest BCUT2D eigenvalue weighted by Gasteiger charge is 2.62. The highest BCUT2D eigenvalue weighted by Crippen LogP contribution is 2.64. The second kappa shape index (κ2) is 6.38. The van der Waals surface area contributed by atoms with Crippen LogP contribution in [0.5, 0.6) is 0 Å². The lowest BCUT2D eigenvalue weighted by Crippen LogP contribution is -2.36. The minimum absolute atomic E-state index is 0.0362. The number of nitrogens with zero attached hydrogens (tertiary/aromatic N) is 2. The maximum absolute atomic E-state index is 13.0. The Bertz CT molecular complexity index is 930. The van der Waals surface area contributed by atoms with Gasteiger partial charge in [0, 0.05) is 30.8 Å². The molecule has 1 heterocycles. The van der Waals surface area contributed by atoms with Crippen molar-refractivity contribution in [2.45, 2.75) is 25.7 Å². The monoisotopic (exact) mass is 359 g/mol. The van der Waals surface area contributed by atoms with Crippen molar-refractivity contribution in [2.75, 3.05) is 13.6 Å². The molecule has 1 amide bonds. The van der Waals surface area contributed by atoms with Crippen molar-refractivity contribution in [1.29, 1.82) is 0 Å². The Labute approximate surface area is 160 Å². The van der Waals surface area contributed by atoms with Gasteiger partial charge >= 0.3 is 0 Å². The lowest BCUT2D eigenvalue weighted by molar-refractivity contribution is 0.0775. The molecular weight excluding hydrogens is 334 g/mol. The first-order chi connectivity index (χ1) is 12.9. The third kappa shape index (κ3) is 3.05. The molecule has 1 aliphatic carbocycles. The summed E-state index contributed by atoms with van der Waals surface area (Å²) >= 11 is 0. The van der Waals surface area contributed by atoms with E-state index in [2.05, 4.69) is 48.3 Å². The molecule has 1 unspecified atom stereocenters. The molecule has 27 heavy (non-hydrogen) atoms. The van der Waals surface area contributed by atoms with E-state index < -0.39 is 0 Å². The highest BCUT2D eigenvalue weighted by molar-refractivity contribution is 5.94. The number of hydrogen-bond donors (Lipinski definition) is 1. The van der Waals surface area contributed by atoms with Gasteiger partial charge in [-0.15, -0.1) is 0 Å². The molecule has 1 N–H and O–H groups in total. The molecule has 0 saturated heterocycles. The van der Waals surface area contributed by atoms with Gasteiger partial charge in [0.1, 0.15) is 0 Å². The number of rotatable bonds is 5. The fourth-order valence-corrected chi connectivity index (χ4v) is 4.23. The lowest BCUT2D eigenvalue weighted by atomic mass is 9.87. The summed E-state index contributed by atoms with van der Waals surface area (Å²) in [7, 11) is 1.91. The van der Waals surface area contributed by atoms with E-state index in [9.17, 15) is 4.79 Å². The van der Waals surface area contributed by atoms with Crippen LogP contribution in [-0.2, 0) is 5.41 Å². The highest BCUT2D eigenvalue weighted by atomic mass is 16.2. The van der Waals surface area contributed by atoms with Crippen LogP contribution < -0.4 is 0 Å². The Morgan fingerprint density at radius 3 is 2.30 bits per heavy atom. The molecule has 1 saturated carbocycles. The predicted molar refractivity (Wildman–Crippen MR) is 108 cm³/mol. The van der Waals surface area contributed by atoms with Gasteiger partial charge in [0.2, 0.25) is 0 Å². The van der Waals surface area contributed by atoms with Gasteiger partial charge in [0.25, 0.3) is 5.91 Å². The second-order valence-electron chi connectivity index (χ2n) is 8.22. The van der Waals surface area contributed by atoms with E-state index in [4.69, 9.17) is 0 Å². The average molecular weight is 359 g/mol. The van der Waals surface area contributed by atoms with Crippen molar-refractivity contribution in [2.24, 2.45) is 5.41 Å². The average Bonchev–Trinajstić information content (AvgIpc) is 3.05. The van der Waals surface area contributed by atoms with Crippen LogP contribution in [0.15, 0.2) is 66.9 Å². The van der Waals surface area contributed by atoms with Gasteiger partial charge in [-0.2, -0.15) is 5.10 Å². The normalized spacial score (nSPS) is 20.3. The van der Waals surface area contributed by atoms with Crippen LogP contribution in [-0.4, -0.2) is 34.6 Å². The molecule has 0 radical (unpaired) electrons. The smallest absolute Gasteiger partial charge is 0.253 e. The molecule has 4 rings (SSSR count). The number of hydrogen-bond acceptors (Lipinski definition) is 2. The predicted octanol–water partition coefficient (Wildman–Crippen LogP) is 4.52. The molecule has 4 heteroatoms. The molecule has 0 bridgehead atoms. The van der Waals surface area contributed by atoms with Crippen LogP contribution >= 0.6 is 0 Å². The fraction of sp³-hybridized carbons (Fsp3) is 0.304. The topological polar surface area (TPSA) is 49.0 Å². The molecular formula is C23H25N3O. The SMILES string of the molecule is CN(CC1(c2ccccc2)CC1(C)C)C(=O)c1ccc(-c2ccn[nH]2)cc1. The Kier molecular flexibility index (Phi) is 4.14. The summed E-state index contributed by atoms with van der Waals surface area (Å²) in [6, 6.07) is 20.2. The van der Waals surface area contributed by atoms with E-state index in [1.54, 1.807) is 6.20 Å². The molecule has 4 nitrogen and oxygen atoms in total. The van der Waals surface area contributed by atoms with E-state index in [0.717, 1.165) is 24.2 Å². The quantitative estimate of drug-likeness (QED) is 0.728. The number of carbonyl (C=O) groups excluding carboxylic acids is 1. The maximum atomic E-state index is 13.0. The first kappa shape index (κ1) is 17.5. The standard InChI is InChI=1S/C23H25N3O/c1-22(2)15-23(22,19-7-5-4-6-8-19)16-26(3)21(27)18-11-9-17(10-12-18)20-13-14-24-25-20/h4-14H,15-16H2,1-3H3,(H,24,25). The fourth-order valence-electron chi connectivity index (χ4n) is 4.23. The Morgan fingerprint density at radius 1 is 1.07 bits per heavy atom. The van der Waals surface area contributed by atoms with E-state index in [1.165, 1.54) is 5.56 Å². The van der Waals surface area contributed by atoms with Gasteiger partial charge in [0.05, 0.1) is 5.69 Å². The van der Waals surface area contributed by atoms with E-state index in [-0.39, 0.29) is 16.7 Å². The minimum atomic E-state index is 0.0362. The van der Waals surface area contributed by atoms with Gasteiger partial charge in [-0.1, -0.05) is 56.3 Å². The first-order valence-electron chi connectivity index (χ1n) is 9.34. The van der Waals surface area contributed by atoms with Gasteiger partial charge in [-0.05, 0) is 41.2 Å². The Hall–Kier alpha value is -2.88. The van der Waals surface area contributed by atoms with Gasteiger partial charge in [-0.3, -0.25) is 9.89 Å². The maximum Gasteiger partial charge on any atom is 0.253 e. The van der Waals surface area contributed by atoms with Gasteiger partial charge < -0.3 is 4.90 Å². The molecule has 0 aliphatic heterocycles. The Balaban J connectivity index is 1.52. The number of H-pyrrole nitrogens is 1. The Morgan fingerprint density at radius 2 is 1.74 bits per heavy atom. The zero-order valence-electron chi connectivity index (χ0n) is 16.1. The first-order valence-corrected chi connectivity index (χ1v) is 9.34. The molecule has 2 aromatic carbocycles. The van der Waals surface area contributed by atoms with E-state index >= 15 is 0 Å². The summed E-state index contributed by atoms with van der Waals surface area (Å²) in [6.45, 7) is 5.31. The number of likely N-dealkylation sites (N-methyl/N-ethyl adjacent to an activating group) is 1. The number of aromatic nitrogens is 2. The number of benzene rings is 2. The summed E-state index contributed by atoms with van der Waals surface area (Å²) in [5, 5.41) is 6.92. The molecule has 1 atom stereocenters. The summed E-state index contributed by atoms with van der Waals surface area (Å²) in [5.41, 5.74) is 4.25. The van der Waals surface area contributed by atoms with Gasteiger partial charge in [0.15, 0.2) is 0 Å². The van der Waals surface area contributed by atoms with Crippen LogP contribution in [0.25, 0.3) is 11.3 Å². The molecule has 1 fully saturated rings. The molecule has 3 aromatic rings. The van der Waals surface area contributed by atoms with Gasteiger partial charge in [-0.25, -0.2) is 0 Å². The zero-order chi connectivity index (χ0) is 19.1. The molecule has 0 spiro atoms. The number of carbonyl (C=O) groups is 1.